The molecule has 5 nitrogen and oxygen atoms in total. The molecule has 0 aliphatic rings. The Morgan fingerprint density at radius 2 is 1.95 bits per heavy atom. The highest BCUT2D eigenvalue weighted by atomic mass is 16.5. The second-order valence-electron chi connectivity index (χ2n) is 5.02. The third-order valence-electron chi connectivity index (χ3n) is 3.35. The van der Waals surface area contributed by atoms with E-state index in [0.29, 0.717) is 6.54 Å². The minimum absolute atomic E-state index is 0.639. The average Bonchev–Trinajstić information content (AvgIpc) is 3.02. The monoisotopic (exact) mass is 294 g/mol. The number of ether oxygens (including phenoxy) is 1. The van der Waals surface area contributed by atoms with Gasteiger partial charge in [-0.25, -0.2) is 9.67 Å². The van der Waals surface area contributed by atoms with Crippen LogP contribution in [-0.4, -0.2) is 21.9 Å². The van der Waals surface area contributed by atoms with Crippen molar-refractivity contribution >= 4 is 5.82 Å². The summed E-state index contributed by atoms with van der Waals surface area (Å²) >= 11 is 0. The van der Waals surface area contributed by atoms with E-state index in [1.54, 1.807) is 13.3 Å². The van der Waals surface area contributed by atoms with E-state index in [1.807, 2.05) is 60.3 Å². The van der Waals surface area contributed by atoms with Crippen molar-refractivity contribution in [1.82, 2.24) is 14.8 Å². The summed E-state index contributed by atoms with van der Waals surface area (Å²) < 4.78 is 7.01. The summed E-state index contributed by atoms with van der Waals surface area (Å²) in [7, 11) is 1.66. The summed E-state index contributed by atoms with van der Waals surface area (Å²) in [5.74, 6) is 1.70. The molecule has 2 aromatic heterocycles. The molecule has 0 aliphatic carbocycles. The number of nitrogens with one attached hydrogen (secondary N) is 1. The van der Waals surface area contributed by atoms with Gasteiger partial charge in [-0.3, -0.25) is 0 Å². The zero-order valence-corrected chi connectivity index (χ0v) is 12.7. The second-order valence-corrected chi connectivity index (χ2v) is 5.02. The van der Waals surface area contributed by atoms with Crippen molar-refractivity contribution in [1.29, 1.82) is 0 Å². The first-order valence-electron chi connectivity index (χ1n) is 7.10. The Morgan fingerprint density at radius 3 is 2.68 bits per heavy atom. The van der Waals surface area contributed by atoms with Gasteiger partial charge in [0, 0.05) is 12.4 Å². The molecule has 0 bridgehead atoms. The van der Waals surface area contributed by atoms with E-state index in [-0.39, 0.29) is 0 Å². The minimum atomic E-state index is 0.639. The number of methoxy groups -OCH3 is 1. The number of nitrogens with zero attached hydrogens (tertiary/aromatic N) is 3. The fraction of sp³-hybridized carbons (Fsp3) is 0.176. The second kappa shape index (κ2) is 6.30. The maximum Gasteiger partial charge on any atom is 0.126 e. The molecule has 1 N–H and O–H groups in total. The number of benzene rings is 1. The van der Waals surface area contributed by atoms with Gasteiger partial charge in [0.25, 0.3) is 0 Å². The molecule has 0 spiro atoms. The average molecular weight is 294 g/mol. The van der Waals surface area contributed by atoms with Crippen molar-refractivity contribution in [3.8, 4) is 11.4 Å². The molecule has 0 saturated heterocycles. The quantitative estimate of drug-likeness (QED) is 0.785. The highest BCUT2D eigenvalue weighted by Gasteiger charge is 2.02. The van der Waals surface area contributed by atoms with Gasteiger partial charge in [0.2, 0.25) is 0 Å². The molecule has 3 rings (SSSR count). The molecule has 3 aromatic rings. The highest BCUT2D eigenvalue weighted by molar-refractivity contribution is 5.38. The first-order chi connectivity index (χ1) is 10.7. The number of hydrogen-bond acceptors (Lipinski definition) is 4. The van der Waals surface area contributed by atoms with Crippen molar-refractivity contribution in [3.05, 3.63) is 66.1 Å². The molecule has 112 valence electrons. The summed E-state index contributed by atoms with van der Waals surface area (Å²) in [6.07, 6.45) is 3.75. The fourth-order valence-corrected chi connectivity index (χ4v) is 2.15. The normalized spacial score (nSPS) is 10.5. The van der Waals surface area contributed by atoms with Crippen LogP contribution in [-0.2, 0) is 6.54 Å². The van der Waals surface area contributed by atoms with Crippen LogP contribution in [0.3, 0.4) is 0 Å². The molecule has 0 amide bonds. The smallest absolute Gasteiger partial charge is 0.126 e. The molecule has 0 saturated carbocycles. The zero-order valence-electron chi connectivity index (χ0n) is 12.7. The Bertz CT molecular complexity index is 749. The molecular weight excluding hydrogens is 276 g/mol. The van der Waals surface area contributed by atoms with E-state index in [1.165, 1.54) is 5.56 Å². The standard InChI is InChI=1S/C17H18N4O/c1-13-7-9-18-17(11-13)19-12-14-8-10-21(20-14)15-3-5-16(22-2)6-4-15/h3-11H,12H2,1-2H3,(H,18,19). The molecule has 5 heteroatoms. The summed E-state index contributed by atoms with van der Waals surface area (Å²) in [5, 5.41) is 7.84. The van der Waals surface area contributed by atoms with Gasteiger partial charge in [-0.1, -0.05) is 0 Å². The lowest BCUT2D eigenvalue weighted by molar-refractivity contribution is 0.414. The number of anilines is 1. The molecular formula is C17H18N4O. The van der Waals surface area contributed by atoms with E-state index in [4.69, 9.17) is 4.74 Å². The first-order valence-corrected chi connectivity index (χ1v) is 7.10. The summed E-state index contributed by atoms with van der Waals surface area (Å²) in [6, 6.07) is 13.8. The topological polar surface area (TPSA) is 52.0 Å². The Morgan fingerprint density at radius 1 is 1.14 bits per heavy atom. The number of aromatic nitrogens is 3. The SMILES string of the molecule is COc1ccc(-n2ccc(CNc3cc(C)ccn3)n2)cc1. The molecule has 0 atom stereocenters. The van der Waals surface area contributed by atoms with Crippen LogP contribution in [0.4, 0.5) is 5.82 Å². The number of hydrogen-bond donors (Lipinski definition) is 1. The van der Waals surface area contributed by atoms with Gasteiger partial charge >= 0.3 is 0 Å². The third kappa shape index (κ3) is 3.25. The lowest BCUT2D eigenvalue weighted by atomic mass is 10.3. The van der Waals surface area contributed by atoms with Gasteiger partial charge in [-0.05, 0) is 55.0 Å². The van der Waals surface area contributed by atoms with Crippen LogP contribution < -0.4 is 10.1 Å². The van der Waals surface area contributed by atoms with Crippen LogP contribution in [0.25, 0.3) is 5.69 Å². The summed E-state index contributed by atoms with van der Waals surface area (Å²) in [5.41, 5.74) is 3.14. The summed E-state index contributed by atoms with van der Waals surface area (Å²) in [4.78, 5) is 4.28. The predicted molar refractivity (Wildman–Crippen MR) is 86.4 cm³/mol. The first kappa shape index (κ1) is 14.1. The van der Waals surface area contributed by atoms with E-state index < -0.39 is 0 Å². The van der Waals surface area contributed by atoms with Crippen molar-refractivity contribution in [2.45, 2.75) is 13.5 Å². The third-order valence-corrected chi connectivity index (χ3v) is 3.35. The zero-order chi connectivity index (χ0) is 15.4. The van der Waals surface area contributed by atoms with Crippen LogP contribution in [0.2, 0.25) is 0 Å². The number of pyridine rings is 1. The largest absolute Gasteiger partial charge is 0.497 e. The van der Waals surface area contributed by atoms with Crippen molar-refractivity contribution in [2.75, 3.05) is 12.4 Å². The Balaban J connectivity index is 1.68. The summed E-state index contributed by atoms with van der Waals surface area (Å²) in [6.45, 7) is 2.69. The van der Waals surface area contributed by atoms with Crippen LogP contribution in [0.5, 0.6) is 5.75 Å². The minimum Gasteiger partial charge on any atom is -0.497 e. The molecule has 0 aliphatic heterocycles. The predicted octanol–water partition coefficient (Wildman–Crippen LogP) is 3.20. The number of aryl methyl sites for hydroxylation is 1. The Kier molecular flexibility index (Phi) is 4.05. The van der Waals surface area contributed by atoms with Crippen LogP contribution in [0.1, 0.15) is 11.3 Å². The van der Waals surface area contributed by atoms with E-state index in [0.717, 1.165) is 22.9 Å². The van der Waals surface area contributed by atoms with Crippen molar-refractivity contribution in [2.24, 2.45) is 0 Å². The molecule has 0 unspecified atom stereocenters. The maximum absolute atomic E-state index is 5.16. The van der Waals surface area contributed by atoms with Crippen LogP contribution in [0, 0.1) is 6.92 Å². The lowest BCUT2D eigenvalue weighted by Gasteiger charge is -2.05. The van der Waals surface area contributed by atoms with Gasteiger partial charge in [-0.15, -0.1) is 0 Å². The van der Waals surface area contributed by atoms with Gasteiger partial charge < -0.3 is 10.1 Å². The van der Waals surface area contributed by atoms with Crippen LogP contribution in [0.15, 0.2) is 54.9 Å². The highest BCUT2D eigenvalue weighted by Crippen LogP contribution is 2.15. The Hall–Kier alpha value is -2.82. The molecule has 0 fully saturated rings. The van der Waals surface area contributed by atoms with E-state index in [9.17, 15) is 0 Å². The van der Waals surface area contributed by atoms with Gasteiger partial charge in [0.1, 0.15) is 11.6 Å². The van der Waals surface area contributed by atoms with E-state index >= 15 is 0 Å². The van der Waals surface area contributed by atoms with Gasteiger partial charge in [-0.2, -0.15) is 5.10 Å². The van der Waals surface area contributed by atoms with Gasteiger partial charge in [0.15, 0.2) is 0 Å². The fourth-order valence-electron chi connectivity index (χ4n) is 2.15. The van der Waals surface area contributed by atoms with Gasteiger partial charge in [0.05, 0.1) is 25.0 Å². The van der Waals surface area contributed by atoms with Crippen molar-refractivity contribution in [3.63, 3.8) is 0 Å². The number of rotatable bonds is 5. The van der Waals surface area contributed by atoms with E-state index in [2.05, 4.69) is 15.4 Å². The Labute approximate surface area is 129 Å². The molecule has 2 heterocycles. The van der Waals surface area contributed by atoms with Crippen molar-refractivity contribution < 1.29 is 4.74 Å². The molecule has 1 aromatic carbocycles. The molecule has 0 radical (unpaired) electrons. The van der Waals surface area contributed by atoms with Crippen LogP contribution >= 0.6 is 0 Å². The maximum atomic E-state index is 5.16. The molecule has 22 heavy (non-hydrogen) atoms. The lowest BCUT2D eigenvalue weighted by Crippen LogP contribution is -2.03.